The number of benzene rings is 2. The molecular weight excluding hydrogens is 415 g/mol. The molecule has 0 atom stereocenters. The van der Waals surface area contributed by atoms with E-state index in [2.05, 4.69) is 6.92 Å². The molecule has 7 heteroatoms. The molecule has 0 bridgehead atoms. The standard InChI is InChI=1S/C22H30O5S.K/c1-2-3-4-5-6-7-8-9-12-18-13-10-11-14-20(18)27-21-17-19(23)15-16-22(21)28(24,25)26;/h10-11,13-17,23H,2-9,12H2,1H3,(H,24,25,26);/q;+1/p-1. The summed E-state index contributed by atoms with van der Waals surface area (Å²) >= 11 is 0. The third kappa shape index (κ3) is 9.51. The van der Waals surface area contributed by atoms with Gasteiger partial charge in [0, 0.05) is 0 Å². The third-order valence-electron chi connectivity index (χ3n) is 4.69. The summed E-state index contributed by atoms with van der Waals surface area (Å²) in [4.78, 5) is -0.408. The number of unbranched alkanes of at least 4 members (excludes halogenated alkanes) is 7. The molecule has 2 aromatic rings. The minimum atomic E-state index is -4.48. The minimum absolute atomic E-state index is 0. The van der Waals surface area contributed by atoms with Gasteiger partial charge in [0.2, 0.25) is 0 Å². The Balaban J connectivity index is 0.00000420. The molecule has 5 nitrogen and oxygen atoms in total. The van der Waals surface area contributed by atoms with Crippen LogP contribution in [0.2, 0.25) is 0 Å². The number of aryl methyl sites for hydroxylation is 1. The van der Waals surface area contributed by atoms with E-state index >= 15 is 0 Å². The van der Waals surface area contributed by atoms with Crippen molar-refractivity contribution in [3.05, 3.63) is 48.0 Å². The van der Waals surface area contributed by atoms with Crippen LogP contribution in [0.3, 0.4) is 0 Å². The van der Waals surface area contributed by atoms with E-state index in [1.54, 1.807) is 12.1 Å². The summed E-state index contributed by atoms with van der Waals surface area (Å²) in [5.74, 6) is -0.0396. The maximum atomic E-state index is 11.6. The predicted molar refractivity (Wildman–Crippen MR) is 109 cm³/mol. The molecule has 2 aromatic carbocycles. The van der Waals surface area contributed by atoms with E-state index in [9.17, 15) is 18.1 Å². The van der Waals surface area contributed by atoms with Crippen molar-refractivity contribution in [3.63, 3.8) is 0 Å². The Morgan fingerprint density at radius 2 is 1.52 bits per heavy atom. The van der Waals surface area contributed by atoms with E-state index < -0.39 is 15.0 Å². The normalized spacial score (nSPS) is 11.1. The van der Waals surface area contributed by atoms with Crippen LogP contribution in [-0.2, 0) is 16.5 Å². The Kier molecular flexibility index (Phi) is 12.7. The fraction of sp³-hybridized carbons (Fsp3) is 0.455. The average molecular weight is 445 g/mol. The first-order valence-corrected chi connectivity index (χ1v) is 11.4. The van der Waals surface area contributed by atoms with Crippen molar-refractivity contribution < 1.29 is 74.2 Å². The molecule has 0 heterocycles. The summed E-state index contributed by atoms with van der Waals surface area (Å²) in [5, 5.41) is 11.6. The molecular formula is C22H29KO5S. The summed E-state index contributed by atoms with van der Waals surface area (Å²) in [6.07, 6.45) is 10.6. The van der Waals surface area contributed by atoms with Crippen molar-refractivity contribution in [3.8, 4) is 17.2 Å². The molecule has 154 valence electrons. The third-order valence-corrected chi connectivity index (χ3v) is 5.58. The fourth-order valence-electron chi connectivity index (χ4n) is 3.16. The van der Waals surface area contributed by atoms with Gasteiger partial charge in [0.1, 0.15) is 16.4 Å². The number of rotatable bonds is 12. The van der Waals surface area contributed by atoms with Gasteiger partial charge in [0.05, 0.1) is 0 Å². The molecule has 0 fully saturated rings. The Labute approximate surface area is 217 Å². The van der Waals surface area contributed by atoms with Crippen LogP contribution in [0.5, 0.6) is 17.2 Å². The van der Waals surface area contributed by atoms with Gasteiger partial charge >= 0.3 is 51.4 Å². The Hall–Kier alpha value is -0.414. The summed E-state index contributed by atoms with van der Waals surface area (Å²) in [7, 11) is -4.48. The van der Waals surface area contributed by atoms with Crippen LogP contribution in [0.4, 0.5) is 0 Å². The molecule has 0 saturated carbocycles. The second-order valence-corrected chi connectivity index (χ2v) is 8.41. The fourth-order valence-corrected chi connectivity index (χ4v) is 3.75. The summed E-state index contributed by atoms with van der Waals surface area (Å²) < 4.78 is 38.2. The first-order chi connectivity index (χ1) is 13.4. The van der Waals surface area contributed by atoms with Gasteiger partial charge in [-0.1, -0.05) is 76.1 Å². The monoisotopic (exact) mass is 444 g/mol. The largest absolute Gasteiger partial charge is 1.00 e. The average Bonchev–Trinajstić information content (AvgIpc) is 2.64. The second kappa shape index (κ2) is 13.8. The second-order valence-electron chi connectivity index (χ2n) is 7.02. The van der Waals surface area contributed by atoms with Crippen molar-refractivity contribution in [2.24, 2.45) is 0 Å². The van der Waals surface area contributed by atoms with Crippen LogP contribution in [0, 0.1) is 0 Å². The smallest absolute Gasteiger partial charge is 0.872 e. The van der Waals surface area contributed by atoms with Gasteiger partial charge < -0.3 is 9.84 Å². The zero-order valence-electron chi connectivity index (χ0n) is 17.4. The van der Waals surface area contributed by atoms with Crippen LogP contribution in [0.25, 0.3) is 0 Å². The minimum Gasteiger partial charge on any atom is -0.872 e. The molecule has 0 aliphatic heterocycles. The Bertz CT molecular complexity index is 852. The number of para-hydroxylation sites is 1. The molecule has 1 N–H and O–H groups in total. The maximum absolute atomic E-state index is 11.6. The Morgan fingerprint density at radius 3 is 2.17 bits per heavy atom. The van der Waals surface area contributed by atoms with Crippen LogP contribution >= 0.6 is 0 Å². The van der Waals surface area contributed by atoms with Gasteiger partial charge in [-0.05, 0) is 36.6 Å². The molecule has 2 rings (SSSR count). The number of hydrogen-bond acceptors (Lipinski definition) is 4. The number of ether oxygens (including phenoxy) is 1. The summed E-state index contributed by atoms with van der Waals surface area (Å²) in [6, 6.07) is 10.6. The molecule has 29 heavy (non-hydrogen) atoms. The van der Waals surface area contributed by atoms with Gasteiger partial charge in [-0.2, -0.15) is 8.42 Å². The molecule has 0 saturated heterocycles. The SMILES string of the molecule is CCCCCCCCCCc1ccccc1Oc1cc([O-])ccc1S(=O)(=O)O.[K+]. The van der Waals surface area contributed by atoms with Crippen LogP contribution in [0.15, 0.2) is 47.4 Å². The topological polar surface area (TPSA) is 86.7 Å². The molecule has 0 radical (unpaired) electrons. The quantitative estimate of drug-likeness (QED) is 0.309. The maximum Gasteiger partial charge on any atom is 1.00 e. The summed E-state index contributed by atoms with van der Waals surface area (Å²) in [6.45, 7) is 2.21. The van der Waals surface area contributed by atoms with E-state index in [0.717, 1.165) is 43.0 Å². The first kappa shape index (κ1) is 26.6. The predicted octanol–water partition coefficient (Wildman–Crippen LogP) is 2.49. The molecule has 0 amide bonds. The van der Waals surface area contributed by atoms with E-state index in [1.165, 1.54) is 38.5 Å². The van der Waals surface area contributed by atoms with Gasteiger partial charge in [0.15, 0.2) is 0 Å². The number of hydrogen-bond donors (Lipinski definition) is 1. The molecule has 0 aliphatic carbocycles. The van der Waals surface area contributed by atoms with Crippen LogP contribution < -0.4 is 61.2 Å². The van der Waals surface area contributed by atoms with Crippen molar-refractivity contribution in [2.45, 2.75) is 69.6 Å². The molecule has 0 aliphatic rings. The molecule has 0 aromatic heterocycles. The molecule has 0 unspecified atom stereocenters. The van der Waals surface area contributed by atoms with E-state index in [0.29, 0.717) is 5.75 Å². The van der Waals surface area contributed by atoms with E-state index in [4.69, 9.17) is 4.74 Å². The first-order valence-electron chi connectivity index (χ1n) is 9.96. The molecule has 0 spiro atoms. The van der Waals surface area contributed by atoms with Crippen molar-refractivity contribution >= 4 is 10.1 Å². The zero-order valence-corrected chi connectivity index (χ0v) is 21.3. The van der Waals surface area contributed by atoms with Crippen molar-refractivity contribution in [1.29, 1.82) is 0 Å². The van der Waals surface area contributed by atoms with Crippen LogP contribution in [-0.4, -0.2) is 13.0 Å². The van der Waals surface area contributed by atoms with Gasteiger partial charge in [0.25, 0.3) is 10.1 Å². The van der Waals surface area contributed by atoms with Crippen molar-refractivity contribution in [2.75, 3.05) is 0 Å². The van der Waals surface area contributed by atoms with Gasteiger partial charge in [-0.25, -0.2) is 0 Å². The van der Waals surface area contributed by atoms with Crippen LogP contribution in [0.1, 0.15) is 63.9 Å². The van der Waals surface area contributed by atoms with Crippen molar-refractivity contribution in [1.82, 2.24) is 0 Å². The van der Waals surface area contributed by atoms with Gasteiger partial charge in [-0.15, -0.1) is 5.75 Å². The summed E-state index contributed by atoms with van der Waals surface area (Å²) in [5.41, 5.74) is 0.950. The Morgan fingerprint density at radius 1 is 0.897 bits per heavy atom. The van der Waals surface area contributed by atoms with E-state index in [-0.39, 0.29) is 62.9 Å². The van der Waals surface area contributed by atoms with E-state index in [1.807, 2.05) is 12.1 Å². The van der Waals surface area contributed by atoms with Gasteiger partial charge in [-0.3, -0.25) is 4.55 Å². The zero-order chi connectivity index (χ0) is 20.4.